The van der Waals surface area contributed by atoms with Crippen molar-refractivity contribution >= 4 is 0 Å². The lowest BCUT2D eigenvalue weighted by Crippen LogP contribution is -2.36. The highest BCUT2D eigenvalue weighted by Gasteiger charge is 2.19. The van der Waals surface area contributed by atoms with Crippen LogP contribution in [0.4, 0.5) is 0 Å². The van der Waals surface area contributed by atoms with E-state index in [0.717, 1.165) is 19.5 Å². The first-order valence-corrected chi connectivity index (χ1v) is 4.23. The van der Waals surface area contributed by atoms with E-state index in [9.17, 15) is 5.11 Å². The van der Waals surface area contributed by atoms with Crippen LogP contribution in [0.2, 0.25) is 0 Å². The van der Waals surface area contributed by atoms with Crippen LogP contribution in [-0.2, 0) is 0 Å². The lowest BCUT2D eigenvalue weighted by molar-refractivity contribution is 0.0886. The molecule has 1 saturated heterocycles. The number of rotatable bonds is 2. The molecule has 0 bridgehead atoms. The number of piperidine rings is 1. The first kappa shape index (κ1) is 8.02. The predicted octanol–water partition coefficient (Wildman–Crippen LogP) is 0.757. The van der Waals surface area contributed by atoms with Crippen LogP contribution in [0, 0.1) is 5.92 Å². The van der Waals surface area contributed by atoms with Gasteiger partial charge >= 0.3 is 0 Å². The van der Waals surface area contributed by atoms with Crippen LogP contribution in [-0.4, -0.2) is 24.3 Å². The van der Waals surface area contributed by atoms with Crippen molar-refractivity contribution in [2.75, 3.05) is 13.1 Å². The monoisotopic (exact) mass is 143 g/mol. The Morgan fingerprint density at radius 2 is 2.50 bits per heavy atom. The Morgan fingerprint density at radius 3 is 3.00 bits per heavy atom. The molecule has 0 saturated carbocycles. The molecule has 0 spiro atoms. The summed E-state index contributed by atoms with van der Waals surface area (Å²) in [4.78, 5) is 0. The van der Waals surface area contributed by atoms with E-state index < -0.39 is 0 Å². The van der Waals surface area contributed by atoms with Crippen molar-refractivity contribution in [3.8, 4) is 0 Å². The van der Waals surface area contributed by atoms with Crippen LogP contribution < -0.4 is 5.32 Å². The molecule has 0 aromatic carbocycles. The van der Waals surface area contributed by atoms with Crippen molar-refractivity contribution < 1.29 is 5.11 Å². The van der Waals surface area contributed by atoms with Gasteiger partial charge in [0.15, 0.2) is 0 Å². The minimum atomic E-state index is -0.0761. The van der Waals surface area contributed by atoms with Gasteiger partial charge in [-0.05, 0) is 31.7 Å². The molecule has 1 aliphatic rings. The summed E-state index contributed by atoms with van der Waals surface area (Å²) in [6.45, 7) is 4.18. The van der Waals surface area contributed by atoms with Crippen molar-refractivity contribution in [2.24, 2.45) is 5.92 Å². The highest BCUT2D eigenvalue weighted by Crippen LogP contribution is 2.15. The summed E-state index contributed by atoms with van der Waals surface area (Å²) in [5.74, 6) is 0.513. The van der Waals surface area contributed by atoms with Crippen molar-refractivity contribution in [2.45, 2.75) is 32.3 Å². The molecular formula is C8H17NO. The molecule has 0 aliphatic carbocycles. The van der Waals surface area contributed by atoms with E-state index >= 15 is 0 Å². The van der Waals surface area contributed by atoms with Gasteiger partial charge in [0.05, 0.1) is 6.10 Å². The van der Waals surface area contributed by atoms with Gasteiger partial charge in [-0.3, -0.25) is 0 Å². The van der Waals surface area contributed by atoms with Crippen molar-refractivity contribution in [3.63, 3.8) is 0 Å². The molecule has 2 N–H and O–H groups in total. The summed E-state index contributed by atoms with van der Waals surface area (Å²) >= 11 is 0. The Morgan fingerprint density at radius 1 is 1.70 bits per heavy atom. The number of hydrogen-bond acceptors (Lipinski definition) is 2. The maximum Gasteiger partial charge on any atom is 0.0577 e. The van der Waals surface area contributed by atoms with E-state index in [1.54, 1.807) is 0 Å². The molecule has 1 heterocycles. The normalized spacial score (nSPS) is 30.0. The van der Waals surface area contributed by atoms with Crippen molar-refractivity contribution in [1.29, 1.82) is 0 Å². The topological polar surface area (TPSA) is 32.3 Å². The molecular weight excluding hydrogens is 126 g/mol. The first-order valence-electron chi connectivity index (χ1n) is 4.23. The van der Waals surface area contributed by atoms with E-state index in [4.69, 9.17) is 0 Å². The van der Waals surface area contributed by atoms with Gasteiger partial charge in [-0.15, -0.1) is 0 Å². The van der Waals surface area contributed by atoms with E-state index in [1.807, 2.05) is 6.92 Å². The molecule has 0 aromatic rings. The van der Waals surface area contributed by atoms with Crippen LogP contribution in [0.15, 0.2) is 0 Å². The zero-order valence-corrected chi connectivity index (χ0v) is 6.64. The van der Waals surface area contributed by atoms with E-state index in [0.29, 0.717) is 5.92 Å². The third-order valence-electron chi connectivity index (χ3n) is 2.30. The fraction of sp³-hybridized carbons (Fsp3) is 1.00. The van der Waals surface area contributed by atoms with Gasteiger partial charge in [-0.25, -0.2) is 0 Å². The Hall–Kier alpha value is -0.0800. The highest BCUT2D eigenvalue weighted by atomic mass is 16.3. The smallest absolute Gasteiger partial charge is 0.0577 e. The van der Waals surface area contributed by atoms with Crippen LogP contribution >= 0.6 is 0 Å². The first-order chi connectivity index (χ1) is 4.84. The van der Waals surface area contributed by atoms with Crippen LogP contribution in [0.1, 0.15) is 26.2 Å². The molecule has 0 amide bonds. The summed E-state index contributed by atoms with van der Waals surface area (Å²) in [6.07, 6.45) is 3.24. The third kappa shape index (κ3) is 1.96. The van der Waals surface area contributed by atoms with Crippen molar-refractivity contribution in [1.82, 2.24) is 5.32 Å². The fourth-order valence-electron chi connectivity index (χ4n) is 1.54. The Bertz CT molecular complexity index is 89.3. The van der Waals surface area contributed by atoms with Gasteiger partial charge in [-0.2, -0.15) is 0 Å². The summed E-state index contributed by atoms with van der Waals surface area (Å²) in [7, 11) is 0. The van der Waals surface area contributed by atoms with E-state index in [1.165, 1.54) is 12.8 Å². The predicted molar refractivity (Wildman–Crippen MR) is 41.9 cm³/mol. The van der Waals surface area contributed by atoms with Gasteiger partial charge in [0, 0.05) is 6.54 Å². The number of nitrogens with one attached hydrogen (secondary N) is 1. The molecule has 0 unspecified atom stereocenters. The van der Waals surface area contributed by atoms with Gasteiger partial charge in [0.1, 0.15) is 0 Å². The summed E-state index contributed by atoms with van der Waals surface area (Å²) < 4.78 is 0. The Balaban J connectivity index is 2.24. The van der Waals surface area contributed by atoms with Crippen LogP contribution in [0.25, 0.3) is 0 Å². The third-order valence-corrected chi connectivity index (χ3v) is 2.30. The molecule has 1 fully saturated rings. The minimum Gasteiger partial charge on any atom is -0.393 e. The van der Waals surface area contributed by atoms with E-state index in [-0.39, 0.29) is 6.10 Å². The highest BCUT2D eigenvalue weighted by molar-refractivity contribution is 4.74. The molecule has 60 valence electrons. The molecule has 10 heavy (non-hydrogen) atoms. The number of hydrogen-bond donors (Lipinski definition) is 2. The molecule has 2 atom stereocenters. The maximum atomic E-state index is 9.44. The molecule has 2 nitrogen and oxygen atoms in total. The average molecular weight is 143 g/mol. The molecule has 1 rings (SSSR count). The standard InChI is InChI=1S/C8H17NO/c1-2-8(10)7-4-3-5-9-6-7/h7-10H,2-6H2,1H3/t7-,8-/m1/s1. The zero-order valence-electron chi connectivity index (χ0n) is 6.64. The Kier molecular flexibility index (Phi) is 3.16. The molecule has 1 aliphatic heterocycles. The lowest BCUT2D eigenvalue weighted by atomic mass is 9.92. The van der Waals surface area contributed by atoms with Crippen molar-refractivity contribution in [3.05, 3.63) is 0 Å². The second-order valence-corrected chi connectivity index (χ2v) is 3.08. The van der Waals surface area contributed by atoms with E-state index in [2.05, 4.69) is 5.32 Å². The summed E-state index contributed by atoms with van der Waals surface area (Å²) in [5.41, 5.74) is 0. The van der Waals surface area contributed by atoms with Crippen LogP contribution in [0.5, 0.6) is 0 Å². The van der Waals surface area contributed by atoms with Crippen LogP contribution in [0.3, 0.4) is 0 Å². The van der Waals surface area contributed by atoms with Gasteiger partial charge in [-0.1, -0.05) is 6.92 Å². The number of aliphatic hydroxyl groups is 1. The lowest BCUT2D eigenvalue weighted by Gasteiger charge is -2.26. The molecule has 0 radical (unpaired) electrons. The van der Waals surface area contributed by atoms with Gasteiger partial charge < -0.3 is 10.4 Å². The zero-order chi connectivity index (χ0) is 7.40. The Labute approximate surface area is 62.6 Å². The molecule has 0 aromatic heterocycles. The number of aliphatic hydroxyl groups excluding tert-OH is 1. The van der Waals surface area contributed by atoms with Gasteiger partial charge in [0.2, 0.25) is 0 Å². The SMILES string of the molecule is CC[C@@H](O)[C@@H]1CCCNC1. The second kappa shape index (κ2) is 3.94. The maximum absolute atomic E-state index is 9.44. The average Bonchev–Trinajstić information content (AvgIpc) is 2.05. The quantitative estimate of drug-likeness (QED) is 0.598. The summed E-state index contributed by atoms with van der Waals surface area (Å²) in [6, 6.07) is 0. The summed E-state index contributed by atoms with van der Waals surface area (Å²) in [5, 5.41) is 12.7. The molecule has 2 heteroatoms. The second-order valence-electron chi connectivity index (χ2n) is 3.08. The largest absolute Gasteiger partial charge is 0.393 e. The minimum absolute atomic E-state index is 0.0761. The van der Waals surface area contributed by atoms with Gasteiger partial charge in [0.25, 0.3) is 0 Å². The fourth-order valence-corrected chi connectivity index (χ4v) is 1.54.